The zero-order valence-corrected chi connectivity index (χ0v) is 7.73. The van der Waals surface area contributed by atoms with Crippen molar-refractivity contribution in [2.45, 2.75) is 26.3 Å². The van der Waals surface area contributed by atoms with Crippen LogP contribution in [0, 0.1) is 5.92 Å². The van der Waals surface area contributed by atoms with Crippen LogP contribution in [0.5, 0.6) is 0 Å². The van der Waals surface area contributed by atoms with E-state index in [9.17, 15) is 4.79 Å². The van der Waals surface area contributed by atoms with Gasteiger partial charge in [-0.25, -0.2) is 4.79 Å². The van der Waals surface area contributed by atoms with Crippen LogP contribution in [-0.2, 0) is 4.79 Å². The molecule has 0 aromatic heterocycles. The number of aliphatic carboxylic acids is 1. The highest BCUT2D eigenvalue weighted by molar-refractivity contribution is 5.72. The van der Waals surface area contributed by atoms with Crippen LogP contribution in [0.25, 0.3) is 0 Å². The van der Waals surface area contributed by atoms with E-state index in [1.807, 2.05) is 13.8 Å². The molecule has 0 aromatic rings. The van der Waals surface area contributed by atoms with Crippen LogP contribution >= 0.6 is 0 Å². The largest absolute Gasteiger partial charge is 0.480 e. The van der Waals surface area contributed by atoms with Gasteiger partial charge in [-0.15, -0.1) is 0 Å². The lowest BCUT2D eigenvalue weighted by Gasteiger charge is -2.07. The maximum atomic E-state index is 10.1. The Labute approximate surface area is 76.5 Å². The van der Waals surface area contributed by atoms with Crippen molar-refractivity contribution in [3.05, 3.63) is 0 Å². The van der Waals surface area contributed by atoms with Gasteiger partial charge in [-0.1, -0.05) is 13.8 Å². The Morgan fingerprint density at radius 1 is 1.31 bits per heavy atom. The van der Waals surface area contributed by atoms with Gasteiger partial charge in [0.15, 0.2) is 0 Å². The first-order valence-corrected chi connectivity index (χ1v) is 3.74. The van der Waals surface area contributed by atoms with Crippen molar-refractivity contribution in [1.82, 2.24) is 0 Å². The molecule has 6 N–H and O–H groups in total. The maximum Gasteiger partial charge on any atom is 0.402 e. The summed E-state index contributed by atoms with van der Waals surface area (Å²) >= 11 is 0. The third-order valence-electron chi connectivity index (χ3n) is 1.04. The number of carboxylic acid groups (broad SMARTS) is 2. The Morgan fingerprint density at radius 3 is 1.69 bits per heavy atom. The van der Waals surface area contributed by atoms with Gasteiger partial charge in [0.1, 0.15) is 6.04 Å². The summed E-state index contributed by atoms with van der Waals surface area (Å²) in [6.45, 7) is 3.89. The number of rotatable bonds is 3. The van der Waals surface area contributed by atoms with E-state index in [2.05, 4.69) is 5.73 Å². The summed E-state index contributed by atoms with van der Waals surface area (Å²) in [5.41, 5.74) is 9.25. The number of hydrogen-bond donors (Lipinski definition) is 4. The first-order chi connectivity index (χ1) is 5.77. The fourth-order valence-electron chi connectivity index (χ4n) is 0.609. The third-order valence-corrected chi connectivity index (χ3v) is 1.04. The fourth-order valence-corrected chi connectivity index (χ4v) is 0.609. The lowest BCUT2D eigenvalue weighted by atomic mass is 10.1. The van der Waals surface area contributed by atoms with Crippen molar-refractivity contribution >= 4 is 12.1 Å². The molecule has 0 saturated carbocycles. The zero-order valence-electron chi connectivity index (χ0n) is 7.73. The van der Waals surface area contributed by atoms with E-state index in [0.29, 0.717) is 12.3 Å². The van der Waals surface area contributed by atoms with Gasteiger partial charge in [0, 0.05) is 0 Å². The van der Waals surface area contributed by atoms with Gasteiger partial charge < -0.3 is 21.7 Å². The van der Waals surface area contributed by atoms with Gasteiger partial charge in [-0.05, 0) is 12.3 Å². The molecule has 1 amide bonds. The molecule has 0 unspecified atom stereocenters. The molecule has 0 bridgehead atoms. The highest BCUT2D eigenvalue weighted by Crippen LogP contribution is 2.01. The van der Waals surface area contributed by atoms with E-state index in [1.54, 1.807) is 0 Å². The average molecular weight is 192 g/mol. The summed E-state index contributed by atoms with van der Waals surface area (Å²) in [6, 6.07) is -0.690. The van der Waals surface area contributed by atoms with Crippen LogP contribution in [-0.4, -0.2) is 28.3 Å². The molecule has 0 aliphatic heterocycles. The molecule has 0 fully saturated rings. The number of hydrogen-bond acceptors (Lipinski definition) is 3. The van der Waals surface area contributed by atoms with Crippen LogP contribution in [0.15, 0.2) is 0 Å². The Bertz CT molecular complexity index is 166. The molecule has 0 aliphatic rings. The standard InChI is InChI=1S/C6H13NO2.CH3NO2/c1-4(2)3-5(7)6(8)9;2-1(3)4/h4-5H,3,7H2,1-2H3,(H,8,9);2H2,(H,3,4)/t5-;/m0./s1. The van der Waals surface area contributed by atoms with Gasteiger partial charge >= 0.3 is 12.1 Å². The first kappa shape index (κ1) is 14.2. The van der Waals surface area contributed by atoms with E-state index in [-0.39, 0.29) is 0 Å². The monoisotopic (exact) mass is 192 g/mol. The van der Waals surface area contributed by atoms with Gasteiger partial charge in [-0.2, -0.15) is 0 Å². The number of carbonyl (C=O) groups is 2. The van der Waals surface area contributed by atoms with Crippen LogP contribution in [0.2, 0.25) is 0 Å². The molecule has 0 spiro atoms. The molecular weight excluding hydrogens is 176 g/mol. The Balaban J connectivity index is 0. The van der Waals surface area contributed by atoms with Crippen molar-refractivity contribution < 1.29 is 19.8 Å². The second-order valence-electron chi connectivity index (χ2n) is 2.91. The number of primary amides is 1. The topological polar surface area (TPSA) is 127 Å². The third kappa shape index (κ3) is 18.0. The van der Waals surface area contributed by atoms with Gasteiger partial charge in [0.25, 0.3) is 0 Å². The van der Waals surface area contributed by atoms with Crippen molar-refractivity contribution in [1.29, 1.82) is 0 Å². The minimum absolute atomic E-state index is 0.357. The SMILES string of the molecule is CC(C)C[C@H](N)C(=O)O.NC(=O)O. The first-order valence-electron chi connectivity index (χ1n) is 3.74. The van der Waals surface area contributed by atoms with Gasteiger partial charge in [-0.3, -0.25) is 4.79 Å². The summed E-state index contributed by atoms with van der Waals surface area (Å²) in [6.07, 6.45) is -0.782. The lowest BCUT2D eigenvalue weighted by molar-refractivity contribution is -0.138. The van der Waals surface area contributed by atoms with Crippen molar-refractivity contribution in [2.75, 3.05) is 0 Å². The molecule has 0 heterocycles. The van der Waals surface area contributed by atoms with E-state index in [1.165, 1.54) is 0 Å². The van der Waals surface area contributed by atoms with Crippen LogP contribution in [0.3, 0.4) is 0 Å². The minimum atomic E-state index is -1.33. The molecule has 0 aliphatic carbocycles. The molecule has 6 heteroatoms. The summed E-state index contributed by atoms with van der Waals surface area (Å²) in [4.78, 5) is 18.9. The molecule has 6 nitrogen and oxygen atoms in total. The summed E-state index contributed by atoms with van der Waals surface area (Å²) in [5.74, 6) is -0.556. The normalized spacial score (nSPS) is 11.4. The maximum absolute atomic E-state index is 10.1. The molecule has 0 radical (unpaired) electrons. The molecule has 78 valence electrons. The lowest BCUT2D eigenvalue weighted by Crippen LogP contribution is -2.31. The molecule has 0 aromatic carbocycles. The van der Waals surface area contributed by atoms with Crippen molar-refractivity contribution in [3.63, 3.8) is 0 Å². The Kier molecular flexibility index (Phi) is 8.05. The number of carboxylic acids is 1. The minimum Gasteiger partial charge on any atom is -0.480 e. The Hall–Kier alpha value is -1.30. The van der Waals surface area contributed by atoms with E-state index in [0.717, 1.165) is 0 Å². The second kappa shape index (κ2) is 7.35. The van der Waals surface area contributed by atoms with Crippen LogP contribution < -0.4 is 11.5 Å². The second-order valence-corrected chi connectivity index (χ2v) is 2.91. The Morgan fingerprint density at radius 2 is 1.62 bits per heavy atom. The predicted molar refractivity (Wildman–Crippen MR) is 47.3 cm³/mol. The summed E-state index contributed by atoms with van der Waals surface area (Å²) < 4.78 is 0. The smallest absolute Gasteiger partial charge is 0.402 e. The van der Waals surface area contributed by atoms with Crippen molar-refractivity contribution in [2.24, 2.45) is 17.4 Å². The molecular formula is C7H16N2O4. The molecule has 13 heavy (non-hydrogen) atoms. The summed E-state index contributed by atoms with van der Waals surface area (Å²) in [7, 11) is 0. The quantitative estimate of drug-likeness (QED) is 0.503. The summed E-state index contributed by atoms with van der Waals surface area (Å²) in [5, 5.41) is 15.5. The van der Waals surface area contributed by atoms with Gasteiger partial charge in [0.2, 0.25) is 0 Å². The molecule has 0 rings (SSSR count). The van der Waals surface area contributed by atoms with Crippen LogP contribution in [0.1, 0.15) is 20.3 Å². The van der Waals surface area contributed by atoms with Gasteiger partial charge in [0.05, 0.1) is 0 Å². The number of amides is 1. The van der Waals surface area contributed by atoms with Crippen molar-refractivity contribution in [3.8, 4) is 0 Å². The number of nitrogens with two attached hydrogens (primary N) is 2. The van der Waals surface area contributed by atoms with E-state index < -0.39 is 18.1 Å². The highest BCUT2D eigenvalue weighted by atomic mass is 16.4. The van der Waals surface area contributed by atoms with E-state index in [4.69, 9.17) is 20.7 Å². The molecule has 0 saturated heterocycles. The predicted octanol–water partition coefficient (Wildman–Crippen LogP) is 0.0675. The highest BCUT2D eigenvalue weighted by Gasteiger charge is 2.11. The van der Waals surface area contributed by atoms with E-state index >= 15 is 0 Å². The zero-order chi connectivity index (χ0) is 11.0. The average Bonchev–Trinajstić information content (AvgIpc) is 1.83. The fraction of sp³-hybridized carbons (Fsp3) is 0.714. The molecule has 1 atom stereocenters. The van der Waals surface area contributed by atoms with Crippen LogP contribution in [0.4, 0.5) is 4.79 Å².